The number of hydrogen-bond donors (Lipinski definition) is 0. The van der Waals surface area contributed by atoms with E-state index in [1.54, 1.807) is 38.2 Å². The molecule has 16 heteroatoms. The maximum Gasteiger partial charge on any atom is 0.342 e. The van der Waals surface area contributed by atoms with Crippen molar-refractivity contribution in [2.45, 2.75) is 107 Å². The molecule has 0 aliphatic carbocycles. The van der Waals surface area contributed by atoms with E-state index in [1.165, 1.54) is 19.1 Å². The Morgan fingerprint density at radius 2 is 1.13 bits per heavy atom. The molecule has 7 rings (SSSR count). The van der Waals surface area contributed by atoms with Gasteiger partial charge in [0.05, 0.1) is 53.5 Å². The van der Waals surface area contributed by atoms with Crippen LogP contribution in [0.1, 0.15) is 43.4 Å². The van der Waals surface area contributed by atoms with Gasteiger partial charge in [0.2, 0.25) is 17.4 Å². The number of likely N-dealkylation sites (tertiary alicyclic amines) is 2. The maximum absolute atomic E-state index is 13.9. The van der Waals surface area contributed by atoms with E-state index in [1.807, 2.05) is 86.7 Å². The van der Waals surface area contributed by atoms with Gasteiger partial charge in [0, 0.05) is 13.1 Å². The number of fused-ring (bicyclic) bond motifs is 2. The fourth-order valence-corrected chi connectivity index (χ4v) is 15.3. The average Bonchev–Trinajstić information content (AvgIpc) is 3.55. The van der Waals surface area contributed by atoms with Gasteiger partial charge >= 0.3 is 11.9 Å². The Kier molecular flexibility index (Phi) is 13.8. The first kappa shape index (κ1) is 47.6. The molecule has 6 atom stereocenters. The number of hydrogen-bond acceptors (Lipinski definition) is 12. The van der Waals surface area contributed by atoms with Crippen molar-refractivity contribution in [3.05, 3.63) is 95.6 Å². The number of carbonyl (C=O) groups is 5. The molecule has 4 aliphatic rings. The van der Waals surface area contributed by atoms with Gasteiger partial charge in [-0.2, -0.15) is 0 Å². The molecule has 3 aromatic rings. The maximum atomic E-state index is 13.9. The Bertz CT molecular complexity index is 2150. The summed E-state index contributed by atoms with van der Waals surface area (Å²) in [6.45, 7) is 12.6. The molecule has 0 unspecified atom stereocenters. The Balaban J connectivity index is 0.000000215. The molecular weight excluding hydrogens is 841 g/mol. The molecule has 0 N–H and O–H groups in total. The summed E-state index contributed by atoms with van der Waals surface area (Å²) in [5.41, 5.74) is -2.89. The van der Waals surface area contributed by atoms with E-state index in [9.17, 15) is 24.0 Å². The zero-order chi connectivity index (χ0) is 46.0. The van der Waals surface area contributed by atoms with Crippen molar-refractivity contribution in [2.75, 3.05) is 35.0 Å². The highest BCUT2D eigenvalue weighted by atomic mass is 28.4. The number of rotatable bonds is 13. The van der Waals surface area contributed by atoms with Gasteiger partial charge in [0.25, 0.3) is 0 Å². The van der Waals surface area contributed by atoms with Gasteiger partial charge in [-0.1, -0.05) is 54.6 Å². The molecule has 4 heterocycles. The molecule has 2 amide bonds. The Morgan fingerprint density at radius 1 is 0.667 bits per heavy atom. The molecule has 63 heavy (non-hydrogen) atoms. The van der Waals surface area contributed by atoms with Crippen LogP contribution in [-0.4, -0.2) is 114 Å². The highest BCUT2D eigenvalue weighted by Gasteiger charge is 2.75. The number of methoxy groups -OCH3 is 4. The Labute approximate surface area is 372 Å². The van der Waals surface area contributed by atoms with Gasteiger partial charge in [-0.3, -0.25) is 14.4 Å². The van der Waals surface area contributed by atoms with Crippen molar-refractivity contribution in [3.63, 3.8) is 0 Å². The van der Waals surface area contributed by atoms with Gasteiger partial charge < -0.3 is 42.3 Å². The summed E-state index contributed by atoms with van der Waals surface area (Å²) >= 11 is 0. The fourth-order valence-electron chi connectivity index (χ4n) is 10.2. The first-order valence-corrected chi connectivity index (χ1v) is 27.6. The van der Waals surface area contributed by atoms with Crippen LogP contribution in [0.5, 0.6) is 11.5 Å². The summed E-state index contributed by atoms with van der Waals surface area (Å²) in [4.78, 5) is 69.4. The van der Waals surface area contributed by atoms with Crippen molar-refractivity contribution in [1.29, 1.82) is 0 Å². The molecule has 3 aromatic carbocycles. The first-order valence-electron chi connectivity index (χ1n) is 21.4. The van der Waals surface area contributed by atoms with Gasteiger partial charge in [0.15, 0.2) is 28.5 Å². The Hall–Kier alpha value is -4.88. The molecule has 0 spiro atoms. The third kappa shape index (κ3) is 8.47. The molecule has 340 valence electrons. The second-order valence-corrected chi connectivity index (χ2v) is 26.8. The Morgan fingerprint density at radius 3 is 1.60 bits per heavy atom. The van der Waals surface area contributed by atoms with Gasteiger partial charge in [0.1, 0.15) is 22.7 Å². The number of carbonyl (C=O) groups excluding carboxylic acids is 5. The first-order chi connectivity index (χ1) is 29.8. The normalized spacial score (nSPS) is 29.1. The molecule has 0 aromatic heterocycles. The van der Waals surface area contributed by atoms with E-state index in [-0.39, 0.29) is 31.5 Å². The van der Waals surface area contributed by atoms with Crippen LogP contribution in [0.3, 0.4) is 0 Å². The zero-order valence-electron chi connectivity index (χ0n) is 38.2. The number of esters is 2. The predicted octanol–water partition coefficient (Wildman–Crippen LogP) is 6.31. The van der Waals surface area contributed by atoms with Crippen LogP contribution in [0.2, 0.25) is 38.3 Å². The quantitative estimate of drug-likeness (QED) is 0.0817. The van der Waals surface area contributed by atoms with E-state index in [0.29, 0.717) is 31.5 Å². The molecule has 4 saturated heterocycles. The lowest BCUT2D eigenvalue weighted by Gasteiger charge is -2.51. The molecule has 0 radical (unpaired) electrons. The van der Waals surface area contributed by atoms with E-state index < -0.39 is 62.7 Å². The zero-order valence-corrected chi connectivity index (χ0v) is 40.2. The van der Waals surface area contributed by atoms with E-state index in [0.717, 1.165) is 34.5 Å². The number of benzene rings is 3. The number of amides is 2. The van der Waals surface area contributed by atoms with Crippen LogP contribution >= 0.6 is 0 Å². The van der Waals surface area contributed by atoms with Crippen LogP contribution < -0.4 is 9.47 Å². The summed E-state index contributed by atoms with van der Waals surface area (Å²) < 4.78 is 40.2. The SMILES string of the molecule is COC(=O)[C@@]1(C=O)N(Cc2ccc(OC)cc2)C(=O)[C@@H]2CC[Si](C)(C)O[C@@]21C.COC(=O)[C@@]1(COCc2ccccc2)N(Cc2ccc(OC)cc2)C(=O)[C@@H]2CC[Si](C)(C)O[C@@]21C. The van der Waals surface area contributed by atoms with Gasteiger partial charge in [-0.15, -0.1) is 0 Å². The van der Waals surface area contributed by atoms with Crippen LogP contribution in [0.15, 0.2) is 78.9 Å². The number of ether oxygens (including phenoxy) is 5. The minimum Gasteiger partial charge on any atom is -0.497 e. The van der Waals surface area contributed by atoms with E-state index in [4.69, 9.17) is 32.5 Å². The van der Waals surface area contributed by atoms with E-state index in [2.05, 4.69) is 13.1 Å². The molecule has 0 bridgehead atoms. The standard InChI is InChI=1S/C27H35NO6Si.C20H27NO6Si/c1-26-23(15-16-35(4,5)34-26)24(29)28(17-20-11-13-22(31-2)14-12-20)27(26,25(30)32-3)19-33-18-21-9-7-6-8-10-21;1-19-16(10-11-28(4,5)27-19)17(23)21(20(19,13-22)18(24)26-3)12-14-6-8-15(25-2)9-7-14/h6-14,23H,15-19H2,1-5H3;6-9,13,16H,10-12H2,1-5H3/t23-,26-,27+;16-,19-,20+/m00/s1. The lowest BCUT2D eigenvalue weighted by Crippen LogP contribution is -2.70. The van der Waals surface area contributed by atoms with Crippen LogP contribution in [0, 0.1) is 11.8 Å². The third-order valence-corrected chi connectivity index (χ3v) is 18.5. The highest BCUT2D eigenvalue weighted by Crippen LogP contribution is 2.55. The topological polar surface area (TPSA) is 156 Å². The number of aldehydes is 1. The smallest absolute Gasteiger partial charge is 0.342 e. The molecule has 4 aliphatic heterocycles. The lowest BCUT2D eigenvalue weighted by molar-refractivity contribution is -0.178. The van der Waals surface area contributed by atoms with Crippen molar-refractivity contribution >= 4 is 46.7 Å². The van der Waals surface area contributed by atoms with Crippen molar-refractivity contribution in [1.82, 2.24) is 9.80 Å². The van der Waals surface area contributed by atoms with Crippen molar-refractivity contribution < 1.29 is 56.5 Å². The summed E-state index contributed by atoms with van der Waals surface area (Å²) in [5.74, 6) is -1.21. The van der Waals surface area contributed by atoms with E-state index >= 15 is 0 Å². The van der Waals surface area contributed by atoms with Crippen LogP contribution in [-0.2, 0) is 66.7 Å². The van der Waals surface area contributed by atoms with Gasteiger partial charge in [-0.05, 0) is 106 Å². The third-order valence-electron chi connectivity index (χ3n) is 13.6. The number of nitrogens with zero attached hydrogens (tertiary/aromatic N) is 2. The minimum absolute atomic E-state index is 0.0199. The molecular formula is C47H62N2O12Si2. The average molecular weight is 903 g/mol. The summed E-state index contributed by atoms with van der Waals surface area (Å²) in [6, 6.07) is 26.1. The van der Waals surface area contributed by atoms with Gasteiger partial charge in [-0.25, -0.2) is 9.59 Å². The minimum atomic E-state index is -2.14. The van der Waals surface area contributed by atoms with Crippen molar-refractivity contribution in [2.24, 2.45) is 11.8 Å². The molecule has 14 nitrogen and oxygen atoms in total. The summed E-state index contributed by atoms with van der Waals surface area (Å²) in [6.07, 6.45) is 1.82. The summed E-state index contributed by atoms with van der Waals surface area (Å²) in [5, 5.41) is 0. The molecule has 0 saturated carbocycles. The summed E-state index contributed by atoms with van der Waals surface area (Å²) in [7, 11) is 1.51. The van der Waals surface area contributed by atoms with Crippen molar-refractivity contribution in [3.8, 4) is 11.5 Å². The molecule has 4 fully saturated rings. The van der Waals surface area contributed by atoms with Crippen LogP contribution in [0.25, 0.3) is 0 Å². The second kappa shape index (κ2) is 18.3. The predicted molar refractivity (Wildman–Crippen MR) is 239 cm³/mol. The lowest BCUT2D eigenvalue weighted by atomic mass is 9.75. The highest BCUT2D eigenvalue weighted by molar-refractivity contribution is 6.72. The monoisotopic (exact) mass is 902 g/mol. The second-order valence-electron chi connectivity index (χ2n) is 18.4. The largest absolute Gasteiger partial charge is 0.497 e. The van der Waals surface area contributed by atoms with Crippen LogP contribution in [0.4, 0.5) is 0 Å². The fraction of sp³-hybridized carbons (Fsp3) is 0.511.